The van der Waals surface area contributed by atoms with Gasteiger partial charge in [-0.1, -0.05) is 12.1 Å². The third kappa shape index (κ3) is 3.86. The highest BCUT2D eigenvalue weighted by Crippen LogP contribution is 2.31. The fourth-order valence-electron chi connectivity index (χ4n) is 3.98. The van der Waals surface area contributed by atoms with Crippen LogP contribution in [0, 0.1) is 6.92 Å². The first-order valence-corrected chi connectivity index (χ1v) is 9.83. The largest absolute Gasteiger partial charge is 0.437 e. The summed E-state index contributed by atoms with van der Waals surface area (Å²) in [6.45, 7) is 8.88. The lowest BCUT2D eigenvalue weighted by Gasteiger charge is -2.17. The van der Waals surface area contributed by atoms with Crippen LogP contribution in [0.4, 0.5) is 10.5 Å². The van der Waals surface area contributed by atoms with Gasteiger partial charge in [-0.2, -0.15) is 0 Å². The Morgan fingerprint density at radius 1 is 1.18 bits per heavy atom. The Bertz CT molecular complexity index is 923. The number of Topliss-reactive ketones (excluding diaryl/α,β-unsaturated/α-hetero) is 1. The molecule has 0 saturated heterocycles. The van der Waals surface area contributed by atoms with Crippen LogP contribution in [0.5, 0.6) is 0 Å². The summed E-state index contributed by atoms with van der Waals surface area (Å²) in [5.74, 6) is -0.0188. The SMILES string of the molecule is CCc1c2c(n(CC)c1C)CCC/C2=N\OC(=O)Nc1ccc(C(C)=O)cc1. The molecule has 0 bridgehead atoms. The van der Waals surface area contributed by atoms with E-state index in [0.29, 0.717) is 11.3 Å². The van der Waals surface area contributed by atoms with Crippen molar-refractivity contribution in [1.82, 2.24) is 4.57 Å². The number of amides is 1. The van der Waals surface area contributed by atoms with Gasteiger partial charge in [-0.25, -0.2) is 4.79 Å². The minimum Gasteiger partial charge on any atom is -0.348 e. The van der Waals surface area contributed by atoms with Crippen LogP contribution in [-0.2, 0) is 24.2 Å². The number of carbonyl (C=O) groups excluding carboxylic acids is 2. The van der Waals surface area contributed by atoms with E-state index in [2.05, 4.69) is 35.8 Å². The van der Waals surface area contributed by atoms with Crippen molar-refractivity contribution >= 4 is 23.3 Å². The molecule has 0 radical (unpaired) electrons. The lowest BCUT2D eigenvalue weighted by Crippen LogP contribution is -2.17. The normalized spacial score (nSPS) is 14.6. The molecule has 0 aliphatic heterocycles. The van der Waals surface area contributed by atoms with Crippen molar-refractivity contribution in [2.24, 2.45) is 5.16 Å². The van der Waals surface area contributed by atoms with E-state index in [1.165, 1.54) is 23.9 Å². The van der Waals surface area contributed by atoms with E-state index in [1.807, 2.05) is 0 Å². The highest BCUT2D eigenvalue weighted by atomic mass is 16.7. The van der Waals surface area contributed by atoms with Gasteiger partial charge in [0.25, 0.3) is 0 Å². The zero-order valence-electron chi connectivity index (χ0n) is 17.0. The molecule has 0 unspecified atom stereocenters. The molecule has 0 saturated carbocycles. The summed E-state index contributed by atoms with van der Waals surface area (Å²) in [5.41, 5.74) is 7.02. The van der Waals surface area contributed by atoms with Gasteiger partial charge < -0.3 is 4.57 Å². The van der Waals surface area contributed by atoms with Gasteiger partial charge in [0, 0.05) is 34.7 Å². The lowest BCUT2D eigenvalue weighted by molar-refractivity contribution is 0.101. The van der Waals surface area contributed by atoms with Crippen molar-refractivity contribution < 1.29 is 14.4 Å². The second-order valence-corrected chi connectivity index (χ2v) is 7.01. The van der Waals surface area contributed by atoms with Crippen molar-refractivity contribution in [3.05, 3.63) is 52.3 Å². The van der Waals surface area contributed by atoms with Gasteiger partial charge >= 0.3 is 6.09 Å². The quantitative estimate of drug-likeness (QED) is 0.456. The Morgan fingerprint density at radius 2 is 1.89 bits per heavy atom. The zero-order chi connectivity index (χ0) is 20.3. The summed E-state index contributed by atoms with van der Waals surface area (Å²) < 4.78 is 2.35. The molecule has 2 aromatic rings. The van der Waals surface area contributed by atoms with E-state index in [0.717, 1.165) is 43.5 Å². The molecule has 0 fully saturated rings. The topological polar surface area (TPSA) is 72.7 Å². The fourth-order valence-corrected chi connectivity index (χ4v) is 3.98. The molecule has 6 heteroatoms. The van der Waals surface area contributed by atoms with Gasteiger partial charge in [-0.05, 0) is 76.3 Å². The lowest BCUT2D eigenvalue weighted by atomic mass is 9.91. The first-order chi connectivity index (χ1) is 13.5. The smallest absolute Gasteiger partial charge is 0.348 e. The Balaban J connectivity index is 1.77. The minimum atomic E-state index is -0.639. The Kier molecular flexibility index (Phi) is 5.97. The molecule has 6 nitrogen and oxygen atoms in total. The number of anilines is 1. The number of aromatic nitrogens is 1. The van der Waals surface area contributed by atoms with E-state index >= 15 is 0 Å². The number of hydrogen-bond acceptors (Lipinski definition) is 4. The molecule has 148 valence electrons. The molecule has 1 N–H and O–H groups in total. The standard InChI is InChI=1S/C22H27N3O3/c1-5-18-14(3)25(6-2)20-9-7-8-19(21(18)20)24-28-22(27)23-17-12-10-16(11-13-17)15(4)26/h10-13H,5-9H2,1-4H3,(H,23,27)/b24-19+. The van der Waals surface area contributed by atoms with Crippen molar-refractivity contribution in [1.29, 1.82) is 0 Å². The monoisotopic (exact) mass is 381 g/mol. The number of nitrogens with one attached hydrogen (secondary N) is 1. The maximum absolute atomic E-state index is 12.2. The molecular weight excluding hydrogens is 354 g/mol. The van der Waals surface area contributed by atoms with Gasteiger partial charge in [0.05, 0.1) is 5.71 Å². The van der Waals surface area contributed by atoms with E-state index in [-0.39, 0.29) is 5.78 Å². The van der Waals surface area contributed by atoms with Gasteiger partial charge in [0.2, 0.25) is 0 Å². The van der Waals surface area contributed by atoms with Gasteiger partial charge in [0.1, 0.15) is 0 Å². The maximum Gasteiger partial charge on any atom is 0.437 e. The number of nitrogens with zero attached hydrogens (tertiary/aromatic N) is 2. The number of ketones is 1. The summed E-state index contributed by atoms with van der Waals surface area (Å²) >= 11 is 0. The van der Waals surface area contributed by atoms with Gasteiger partial charge in [0.15, 0.2) is 5.78 Å². The van der Waals surface area contributed by atoms with Crippen molar-refractivity contribution in [2.45, 2.75) is 59.9 Å². The first kappa shape index (κ1) is 19.9. The average molecular weight is 381 g/mol. The number of carbonyl (C=O) groups is 2. The van der Waals surface area contributed by atoms with E-state index in [4.69, 9.17) is 4.84 Å². The Hall–Kier alpha value is -2.89. The molecule has 1 heterocycles. The third-order valence-corrected chi connectivity index (χ3v) is 5.32. The van der Waals surface area contributed by atoms with Crippen LogP contribution in [0.1, 0.15) is 66.5 Å². The van der Waals surface area contributed by atoms with Crippen LogP contribution in [0.15, 0.2) is 29.4 Å². The average Bonchev–Trinajstić information content (AvgIpc) is 2.97. The van der Waals surface area contributed by atoms with E-state index in [9.17, 15) is 9.59 Å². The van der Waals surface area contributed by atoms with Gasteiger partial charge in [-0.15, -0.1) is 0 Å². The van der Waals surface area contributed by atoms with Crippen LogP contribution >= 0.6 is 0 Å². The number of fused-ring (bicyclic) bond motifs is 1. The molecule has 1 aromatic heterocycles. The molecule has 1 amide bonds. The summed E-state index contributed by atoms with van der Waals surface area (Å²) in [7, 11) is 0. The molecule has 28 heavy (non-hydrogen) atoms. The molecule has 0 atom stereocenters. The third-order valence-electron chi connectivity index (χ3n) is 5.32. The minimum absolute atomic E-state index is 0.0188. The predicted octanol–water partition coefficient (Wildman–Crippen LogP) is 4.87. The molecule has 1 aliphatic rings. The highest BCUT2D eigenvalue weighted by Gasteiger charge is 2.26. The van der Waals surface area contributed by atoms with Gasteiger partial charge in [-0.3, -0.25) is 14.9 Å². The molecule has 0 spiro atoms. The molecule has 1 aliphatic carbocycles. The highest BCUT2D eigenvalue weighted by molar-refractivity contribution is 6.04. The zero-order valence-corrected chi connectivity index (χ0v) is 17.0. The number of hydrogen-bond donors (Lipinski definition) is 1. The van der Waals surface area contributed by atoms with E-state index < -0.39 is 6.09 Å². The van der Waals surface area contributed by atoms with Crippen LogP contribution in [0.25, 0.3) is 0 Å². The van der Waals surface area contributed by atoms with Crippen LogP contribution < -0.4 is 5.32 Å². The summed E-state index contributed by atoms with van der Waals surface area (Å²) in [6, 6.07) is 6.68. The molecular formula is C22H27N3O3. The Morgan fingerprint density at radius 3 is 2.50 bits per heavy atom. The maximum atomic E-state index is 12.2. The van der Waals surface area contributed by atoms with Crippen molar-refractivity contribution in [3.8, 4) is 0 Å². The number of rotatable bonds is 5. The number of benzene rings is 1. The molecule has 3 rings (SSSR count). The van der Waals surface area contributed by atoms with E-state index in [1.54, 1.807) is 24.3 Å². The summed E-state index contributed by atoms with van der Waals surface area (Å²) in [5, 5.41) is 6.84. The summed E-state index contributed by atoms with van der Waals surface area (Å²) in [4.78, 5) is 28.6. The second kappa shape index (κ2) is 8.42. The fraction of sp³-hybridized carbons (Fsp3) is 0.409. The second-order valence-electron chi connectivity index (χ2n) is 7.01. The van der Waals surface area contributed by atoms with Crippen LogP contribution in [0.2, 0.25) is 0 Å². The van der Waals surface area contributed by atoms with Crippen molar-refractivity contribution in [2.75, 3.05) is 5.32 Å². The van der Waals surface area contributed by atoms with Crippen LogP contribution in [-0.4, -0.2) is 22.2 Å². The molecule has 1 aromatic carbocycles. The first-order valence-electron chi connectivity index (χ1n) is 9.83. The number of oxime groups is 1. The predicted molar refractivity (Wildman–Crippen MR) is 110 cm³/mol. The van der Waals surface area contributed by atoms with Crippen molar-refractivity contribution in [3.63, 3.8) is 0 Å². The van der Waals surface area contributed by atoms with Crippen LogP contribution in [0.3, 0.4) is 0 Å². The summed E-state index contributed by atoms with van der Waals surface area (Å²) in [6.07, 6.45) is 3.11. The Labute approximate surface area is 165 Å².